The molecule has 20 heavy (non-hydrogen) atoms. The molecule has 6 nitrogen and oxygen atoms in total. The summed E-state index contributed by atoms with van der Waals surface area (Å²) in [5.74, 6) is 0. The SMILES string of the molecule is CCNC(C)c1cnc(N2CCN(S(C)(=O)=O)CC2)s1. The molecule has 0 aliphatic carbocycles. The number of thiazole rings is 1. The van der Waals surface area contributed by atoms with Gasteiger partial charge in [-0.2, -0.15) is 4.31 Å². The number of nitrogens with one attached hydrogen (secondary N) is 1. The van der Waals surface area contributed by atoms with Crippen LogP contribution in [-0.2, 0) is 10.0 Å². The first-order valence-corrected chi connectivity index (χ1v) is 9.47. The highest BCUT2D eigenvalue weighted by atomic mass is 32.2. The van der Waals surface area contributed by atoms with Crippen molar-refractivity contribution >= 4 is 26.5 Å². The quantitative estimate of drug-likeness (QED) is 0.873. The number of sulfonamides is 1. The molecule has 0 spiro atoms. The third-order valence-electron chi connectivity index (χ3n) is 3.43. The van der Waals surface area contributed by atoms with Crippen LogP contribution in [0, 0.1) is 0 Å². The van der Waals surface area contributed by atoms with Crippen LogP contribution in [0.3, 0.4) is 0 Å². The van der Waals surface area contributed by atoms with Gasteiger partial charge in [-0.15, -0.1) is 11.3 Å². The van der Waals surface area contributed by atoms with Gasteiger partial charge in [0.2, 0.25) is 10.0 Å². The minimum absolute atomic E-state index is 0.309. The maximum atomic E-state index is 11.5. The standard InChI is InChI=1S/C12H22N4O2S2/c1-4-13-10(2)11-9-14-12(19-11)15-5-7-16(8-6-15)20(3,17)18/h9-10,13H,4-8H2,1-3H3. The van der Waals surface area contributed by atoms with Crippen molar-refractivity contribution in [2.75, 3.05) is 43.9 Å². The molecule has 1 aliphatic heterocycles. The molecule has 8 heteroatoms. The van der Waals surface area contributed by atoms with Crippen LogP contribution in [0.4, 0.5) is 5.13 Å². The summed E-state index contributed by atoms with van der Waals surface area (Å²) in [6.07, 6.45) is 3.18. The van der Waals surface area contributed by atoms with E-state index in [0.29, 0.717) is 32.2 Å². The molecule has 2 rings (SSSR count). The Balaban J connectivity index is 1.97. The molecule has 1 aliphatic rings. The van der Waals surface area contributed by atoms with E-state index in [1.165, 1.54) is 15.4 Å². The van der Waals surface area contributed by atoms with E-state index < -0.39 is 10.0 Å². The first kappa shape index (κ1) is 15.7. The van der Waals surface area contributed by atoms with Crippen molar-refractivity contribution in [1.29, 1.82) is 0 Å². The Morgan fingerprint density at radius 2 is 2.05 bits per heavy atom. The van der Waals surface area contributed by atoms with Gasteiger partial charge in [-0.05, 0) is 13.5 Å². The molecule has 1 atom stereocenters. The highest BCUT2D eigenvalue weighted by Gasteiger charge is 2.25. The van der Waals surface area contributed by atoms with Gasteiger partial charge in [0.25, 0.3) is 0 Å². The van der Waals surface area contributed by atoms with E-state index in [1.54, 1.807) is 11.3 Å². The second kappa shape index (κ2) is 6.38. The number of piperazine rings is 1. The average molecular weight is 318 g/mol. The summed E-state index contributed by atoms with van der Waals surface area (Å²) < 4.78 is 24.5. The third kappa shape index (κ3) is 3.69. The maximum Gasteiger partial charge on any atom is 0.211 e. The molecule has 0 amide bonds. The number of aromatic nitrogens is 1. The van der Waals surface area contributed by atoms with Gasteiger partial charge < -0.3 is 10.2 Å². The molecular formula is C12H22N4O2S2. The smallest absolute Gasteiger partial charge is 0.211 e. The topological polar surface area (TPSA) is 65.5 Å². The Bertz CT molecular complexity index is 535. The van der Waals surface area contributed by atoms with Crippen LogP contribution in [0.1, 0.15) is 24.8 Å². The molecular weight excluding hydrogens is 296 g/mol. The van der Waals surface area contributed by atoms with Crippen molar-refractivity contribution in [1.82, 2.24) is 14.6 Å². The second-order valence-electron chi connectivity index (χ2n) is 4.97. The molecule has 1 aromatic rings. The number of hydrogen-bond acceptors (Lipinski definition) is 6. The zero-order chi connectivity index (χ0) is 14.8. The van der Waals surface area contributed by atoms with Crippen LogP contribution in [0.5, 0.6) is 0 Å². The molecule has 114 valence electrons. The fourth-order valence-electron chi connectivity index (χ4n) is 2.24. The Kier molecular flexibility index (Phi) is 5.00. The van der Waals surface area contributed by atoms with Gasteiger partial charge in [-0.1, -0.05) is 6.92 Å². The third-order valence-corrected chi connectivity index (χ3v) is 5.97. The fraction of sp³-hybridized carbons (Fsp3) is 0.750. The summed E-state index contributed by atoms with van der Waals surface area (Å²) in [7, 11) is -3.07. The number of nitrogens with zero attached hydrogens (tertiary/aromatic N) is 3. The second-order valence-corrected chi connectivity index (χ2v) is 8.00. The van der Waals surface area contributed by atoms with E-state index in [1.807, 2.05) is 6.20 Å². The average Bonchev–Trinajstić information content (AvgIpc) is 2.88. The Morgan fingerprint density at radius 1 is 1.40 bits per heavy atom. The van der Waals surface area contributed by atoms with Crippen molar-refractivity contribution < 1.29 is 8.42 Å². The first-order chi connectivity index (χ1) is 9.41. The summed E-state index contributed by atoms with van der Waals surface area (Å²) in [6, 6.07) is 0.309. The molecule has 1 saturated heterocycles. The summed E-state index contributed by atoms with van der Waals surface area (Å²) >= 11 is 1.68. The zero-order valence-corrected chi connectivity index (χ0v) is 13.8. The Morgan fingerprint density at radius 3 is 2.60 bits per heavy atom. The van der Waals surface area contributed by atoms with E-state index in [0.717, 1.165) is 11.7 Å². The summed E-state index contributed by atoms with van der Waals surface area (Å²) in [4.78, 5) is 7.84. The molecule has 1 unspecified atom stereocenters. The minimum atomic E-state index is -3.07. The minimum Gasteiger partial charge on any atom is -0.345 e. The van der Waals surface area contributed by atoms with E-state index in [-0.39, 0.29) is 0 Å². The number of rotatable bonds is 5. The van der Waals surface area contributed by atoms with Crippen LogP contribution in [-0.4, -0.2) is 56.7 Å². The molecule has 1 aromatic heterocycles. The summed E-state index contributed by atoms with van der Waals surface area (Å²) in [5.41, 5.74) is 0. The molecule has 0 bridgehead atoms. The lowest BCUT2D eigenvalue weighted by molar-refractivity contribution is 0.388. The largest absolute Gasteiger partial charge is 0.345 e. The monoisotopic (exact) mass is 318 g/mol. The Hall–Kier alpha value is -0.700. The van der Waals surface area contributed by atoms with E-state index in [2.05, 4.69) is 29.0 Å². The molecule has 1 N–H and O–H groups in total. The predicted molar refractivity (Wildman–Crippen MR) is 82.8 cm³/mol. The van der Waals surface area contributed by atoms with Gasteiger partial charge in [-0.3, -0.25) is 0 Å². The number of hydrogen-bond donors (Lipinski definition) is 1. The summed E-state index contributed by atoms with van der Waals surface area (Å²) in [5, 5.41) is 4.35. The molecule has 0 radical (unpaired) electrons. The lowest BCUT2D eigenvalue weighted by Gasteiger charge is -2.32. The lowest BCUT2D eigenvalue weighted by Crippen LogP contribution is -2.48. The molecule has 2 heterocycles. The van der Waals surface area contributed by atoms with Gasteiger partial charge in [0.1, 0.15) is 0 Å². The van der Waals surface area contributed by atoms with Crippen molar-refractivity contribution in [3.63, 3.8) is 0 Å². The van der Waals surface area contributed by atoms with E-state index in [4.69, 9.17) is 0 Å². The normalized spacial score (nSPS) is 19.2. The lowest BCUT2D eigenvalue weighted by atomic mass is 10.3. The van der Waals surface area contributed by atoms with Gasteiger partial charge in [0.15, 0.2) is 5.13 Å². The van der Waals surface area contributed by atoms with Crippen LogP contribution in [0.25, 0.3) is 0 Å². The zero-order valence-electron chi connectivity index (χ0n) is 12.2. The van der Waals surface area contributed by atoms with Crippen LogP contribution >= 0.6 is 11.3 Å². The highest BCUT2D eigenvalue weighted by Crippen LogP contribution is 2.27. The summed E-state index contributed by atoms with van der Waals surface area (Å²) in [6.45, 7) is 7.63. The van der Waals surface area contributed by atoms with Gasteiger partial charge in [0, 0.05) is 43.3 Å². The van der Waals surface area contributed by atoms with Crippen molar-refractivity contribution in [3.8, 4) is 0 Å². The predicted octanol–water partition coefficient (Wildman–Crippen LogP) is 0.895. The van der Waals surface area contributed by atoms with Gasteiger partial charge in [-0.25, -0.2) is 13.4 Å². The van der Waals surface area contributed by atoms with Crippen LogP contribution < -0.4 is 10.2 Å². The van der Waals surface area contributed by atoms with Crippen molar-refractivity contribution in [2.45, 2.75) is 19.9 Å². The maximum absolute atomic E-state index is 11.5. The van der Waals surface area contributed by atoms with Crippen LogP contribution in [0.2, 0.25) is 0 Å². The molecule has 0 saturated carbocycles. The van der Waals surface area contributed by atoms with Crippen LogP contribution in [0.15, 0.2) is 6.20 Å². The fourth-order valence-corrected chi connectivity index (χ4v) is 4.06. The van der Waals surface area contributed by atoms with Gasteiger partial charge in [0.05, 0.1) is 6.26 Å². The number of anilines is 1. The van der Waals surface area contributed by atoms with E-state index in [9.17, 15) is 8.42 Å². The molecule has 0 aromatic carbocycles. The molecule has 1 fully saturated rings. The highest BCUT2D eigenvalue weighted by molar-refractivity contribution is 7.88. The van der Waals surface area contributed by atoms with Gasteiger partial charge >= 0.3 is 0 Å². The first-order valence-electron chi connectivity index (χ1n) is 6.81. The van der Waals surface area contributed by atoms with Crippen molar-refractivity contribution in [2.24, 2.45) is 0 Å². The van der Waals surface area contributed by atoms with E-state index >= 15 is 0 Å². The van der Waals surface area contributed by atoms with Crippen molar-refractivity contribution in [3.05, 3.63) is 11.1 Å². The Labute approximate surface area is 124 Å².